The number of halogens is 1. The Hall–Kier alpha value is -1.07. The molecule has 1 aliphatic rings. The van der Waals surface area contributed by atoms with Gasteiger partial charge in [0.1, 0.15) is 0 Å². The maximum absolute atomic E-state index is 12.4. The number of benzene rings is 2. The van der Waals surface area contributed by atoms with Gasteiger partial charge in [-0.25, -0.2) is 8.42 Å². The maximum atomic E-state index is 12.4. The van der Waals surface area contributed by atoms with E-state index in [-0.39, 0.29) is 5.25 Å². The van der Waals surface area contributed by atoms with E-state index in [1.165, 1.54) is 0 Å². The number of fused-ring (bicyclic) bond motifs is 1. The highest BCUT2D eigenvalue weighted by molar-refractivity contribution is 9.10. The van der Waals surface area contributed by atoms with Gasteiger partial charge in [-0.05, 0) is 30.4 Å². The van der Waals surface area contributed by atoms with Gasteiger partial charge < -0.3 is 0 Å². The molecule has 0 aromatic heterocycles. The van der Waals surface area contributed by atoms with Crippen molar-refractivity contribution in [1.82, 2.24) is 0 Å². The summed E-state index contributed by atoms with van der Waals surface area (Å²) < 4.78 is 28.6. The average molecular weight is 354 g/mol. The molecule has 0 aliphatic heterocycles. The van der Waals surface area contributed by atoms with Gasteiger partial charge in [0.05, 0.1) is 10.9 Å². The monoisotopic (exact) mass is 353 g/mol. The van der Waals surface area contributed by atoms with Crippen LogP contribution in [0.4, 0.5) is 5.69 Å². The summed E-state index contributed by atoms with van der Waals surface area (Å²) in [6, 6.07) is 11.5. The first kappa shape index (κ1) is 13.9. The number of rotatable bonds is 3. The smallest absolute Gasteiger partial charge is 0.235 e. The third-order valence-corrected chi connectivity index (χ3v) is 6.41. The average Bonchev–Trinajstić information content (AvgIpc) is 2.97. The minimum atomic E-state index is -3.28. The zero-order valence-electron chi connectivity index (χ0n) is 11.0. The van der Waals surface area contributed by atoms with Gasteiger partial charge in [0.2, 0.25) is 10.0 Å². The van der Waals surface area contributed by atoms with Crippen LogP contribution in [-0.4, -0.2) is 13.7 Å². The second kappa shape index (κ2) is 5.37. The first-order valence-electron chi connectivity index (χ1n) is 6.77. The molecule has 2 aromatic rings. The van der Waals surface area contributed by atoms with Crippen molar-refractivity contribution in [3.63, 3.8) is 0 Å². The topological polar surface area (TPSA) is 46.2 Å². The van der Waals surface area contributed by atoms with Crippen molar-refractivity contribution in [3.8, 4) is 0 Å². The van der Waals surface area contributed by atoms with Crippen LogP contribution in [0.15, 0.2) is 40.9 Å². The molecule has 1 aliphatic carbocycles. The first-order valence-corrected chi connectivity index (χ1v) is 9.11. The van der Waals surface area contributed by atoms with Crippen LogP contribution in [0, 0.1) is 0 Å². The lowest BCUT2D eigenvalue weighted by atomic mass is 10.1. The van der Waals surface area contributed by atoms with Crippen molar-refractivity contribution in [3.05, 3.63) is 40.9 Å². The lowest BCUT2D eigenvalue weighted by Gasteiger charge is -2.15. The minimum absolute atomic E-state index is 0.245. The quantitative estimate of drug-likeness (QED) is 0.894. The van der Waals surface area contributed by atoms with Gasteiger partial charge in [-0.3, -0.25) is 4.72 Å². The molecule has 0 spiro atoms. The summed E-state index contributed by atoms with van der Waals surface area (Å²) in [4.78, 5) is 0. The molecule has 0 radical (unpaired) electrons. The molecule has 0 atom stereocenters. The molecule has 20 heavy (non-hydrogen) atoms. The Balaban J connectivity index is 2.01. The Labute approximate surface area is 127 Å². The number of nitrogens with one attached hydrogen (secondary N) is 1. The molecule has 5 heteroatoms. The van der Waals surface area contributed by atoms with Crippen molar-refractivity contribution in [2.45, 2.75) is 30.9 Å². The zero-order chi connectivity index (χ0) is 14.2. The molecular weight excluding hydrogens is 338 g/mol. The maximum Gasteiger partial charge on any atom is 0.235 e. The highest BCUT2D eigenvalue weighted by Crippen LogP contribution is 2.32. The summed E-state index contributed by atoms with van der Waals surface area (Å²) in [7, 11) is -3.28. The first-order chi connectivity index (χ1) is 9.58. The van der Waals surface area contributed by atoms with E-state index in [9.17, 15) is 8.42 Å². The molecule has 0 bridgehead atoms. The van der Waals surface area contributed by atoms with Gasteiger partial charge in [0.25, 0.3) is 0 Å². The Morgan fingerprint density at radius 2 is 1.65 bits per heavy atom. The van der Waals surface area contributed by atoms with Crippen molar-refractivity contribution in [1.29, 1.82) is 0 Å². The molecular formula is C15H16BrNO2S. The van der Waals surface area contributed by atoms with E-state index in [4.69, 9.17) is 0 Å². The van der Waals surface area contributed by atoms with E-state index in [0.29, 0.717) is 5.69 Å². The van der Waals surface area contributed by atoms with Crippen LogP contribution in [0.1, 0.15) is 25.7 Å². The largest absolute Gasteiger partial charge is 0.283 e. The van der Waals surface area contributed by atoms with Crippen molar-refractivity contribution in [2.75, 3.05) is 4.72 Å². The van der Waals surface area contributed by atoms with Gasteiger partial charge in [-0.15, -0.1) is 0 Å². The number of hydrogen-bond acceptors (Lipinski definition) is 2. The molecule has 1 N–H and O–H groups in total. The van der Waals surface area contributed by atoms with E-state index in [0.717, 1.165) is 40.9 Å². The van der Waals surface area contributed by atoms with Crippen LogP contribution >= 0.6 is 15.9 Å². The zero-order valence-corrected chi connectivity index (χ0v) is 13.4. The van der Waals surface area contributed by atoms with E-state index < -0.39 is 10.0 Å². The Bertz CT molecular complexity index is 737. The molecule has 0 saturated heterocycles. The van der Waals surface area contributed by atoms with Crippen LogP contribution in [0.5, 0.6) is 0 Å². The fourth-order valence-electron chi connectivity index (χ4n) is 2.79. The third-order valence-electron chi connectivity index (χ3n) is 3.86. The van der Waals surface area contributed by atoms with Crippen LogP contribution in [0.2, 0.25) is 0 Å². The Kier molecular flexibility index (Phi) is 3.73. The SMILES string of the molecule is O=S(=O)(Nc1ccc(Br)c2ccccc12)C1CCCC1. The van der Waals surface area contributed by atoms with Crippen molar-refractivity contribution >= 4 is 42.4 Å². The van der Waals surface area contributed by atoms with E-state index >= 15 is 0 Å². The van der Waals surface area contributed by atoms with Crippen LogP contribution in [0.25, 0.3) is 10.8 Å². The van der Waals surface area contributed by atoms with Crippen LogP contribution in [0.3, 0.4) is 0 Å². The standard InChI is InChI=1S/C15H16BrNO2S/c16-14-9-10-15(13-8-4-3-7-12(13)14)17-20(18,19)11-5-1-2-6-11/h3-4,7-11,17H,1-2,5-6H2. The molecule has 106 valence electrons. The van der Waals surface area contributed by atoms with Crippen molar-refractivity contribution < 1.29 is 8.42 Å². The summed E-state index contributed by atoms with van der Waals surface area (Å²) >= 11 is 3.50. The summed E-state index contributed by atoms with van der Waals surface area (Å²) in [5, 5.41) is 1.69. The van der Waals surface area contributed by atoms with Gasteiger partial charge in [-0.2, -0.15) is 0 Å². The molecule has 3 nitrogen and oxygen atoms in total. The molecule has 2 aromatic carbocycles. The molecule has 0 heterocycles. The summed E-state index contributed by atoms with van der Waals surface area (Å²) in [5.74, 6) is 0. The lowest BCUT2D eigenvalue weighted by molar-refractivity contribution is 0.585. The van der Waals surface area contributed by atoms with Crippen LogP contribution < -0.4 is 4.72 Å². The van der Waals surface area contributed by atoms with E-state index in [2.05, 4.69) is 20.7 Å². The fourth-order valence-corrected chi connectivity index (χ4v) is 4.87. The summed E-state index contributed by atoms with van der Waals surface area (Å²) in [6.45, 7) is 0. The van der Waals surface area contributed by atoms with Crippen LogP contribution in [-0.2, 0) is 10.0 Å². The number of hydrogen-bond donors (Lipinski definition) is 1. The number of sulfonamides is 1. The fraction of sp³-hybridized carbons (Fsp3) is 0.333. The molecule has 3 rings (SSSR count). The van der Waals surface area contributed by atoms with E-state index in [1.807, 2.05) is 36.4 Å². The van der Waals surface area contributed by atoms with Crippen molar-refractivity contribution in [2.24, 2.45) is 0 Å². The molecule has 1 saturated carbocycles. The van der Waals surface area contributed by atoms with Gasteiger partial charge >= 0.3 is 0 Å². The predicted octanol–water partition coefficient (Wildman–Crippen LogP) is 4.29. The minimum Gasteiger partial charge on any atom is -0.283 e. The van der Waals surface area contributed by atoms with Gasteiger partial charge in [0.15, 0.2) is 0 Å². The Morgan fingerprint density at radius 3 is 2.35 bits per heavy atom. The second-order valence-electron chi connectivity index (χ2n) is 5.19. The highest BCUT2D eigenvalue weighted by atomic mass is 79.9. The molecule has 1 fully saturated rings. The summed E-state index contributed by atoms with van der Waals surface area (Å²) in [5.41, 5.74) is 0.663. The molecule has 0 unspecified atom stereocenters. The normalized spacial score (nSPS) is 16.6. The van der Waals surface area contributed by atoms with E-state index in [1.54, 1.807) is 0 Å². The highest BCUT2D eigenvalue weighted by Gasteiger charge is 2.28. The predicted molar refractivity (Wildman–Crippen MR) is 86.4 cm³/mol. The van der Waals surface area contributed by atoms with Gasteiger partial charge in [-0.1, -0.05) is 53.0 Å². The number of anilines is 1. The molecule has 0 amide bonds. The second-order valence-corrected chi connectivity index (χ2v) is 8.01. The lowest BCUT2D eigenvalue weighted by Crippen LogP contribution is -2.25. The third kappa shape index (κ3) is 2.56. The summed E-state index contributed by atoms with van der Waals surface area (Å²) in [6.07, 6.45) is 3.55. The van der Waals surface area contributed by atoms with Gasteiger partial charge in [0, 0.05) is 9.86 Å². The Morgan fingerprint density at radius 1 is 1.00 bits per heavy atom.